The van der Waals surface area contributed by atoms with Gasteiger partial charge in [0.25, 0.3) is 5.69 Å². The van der Waals surface area contributed by atoms with Gasteiger partial charge in [0.15, 0.2) is 0 Å². The summed E-state index contributed by atoms with van der Waals surface area (Å²) in [7, 11) is 0. The highest BCUT2D eigenvalue weighted by atomic mass is 127. The van der Waals surface area contributed by atoms with Crippen molar-refractivity contribution >= 4 is 28.3 Å². The average molecular weight is 343 g/mol. The van der Waals surface area contributed by atoms with Crippen LogP contribution in [0.4, 0.5) is 5.69 Å². The molecule has 0 unspecified atom stereocenters. The third-order valence-electron chi connectivity index (χ3n) is 2.51. The first-order valence-corrected chi connectivity index (χ1v) is 6.04. The Labute approximate surface area is 112 Å². The molecule has 5 nitrogen and oxygen atoms in total. The van der Waals surface area contributed by atoms with Crippen LogP contribution in [-0.2, 0) is 0 Å². The molecule has 0 fully saturated rings. The Hall–Kier alpha value is -1.44. The van der Waals surface area contributed by atoms with Crippen molar-refractivity contribution in [1.29, 1.82) is 0 Å². The maximum absolute atomic E-state index is 10.7. The Balaban J connectivity index is 2.51. The van der Waals surface area contributed by atoms with E-state index >= 15 is 0 Å². The molecule has 0 amide bonds. The normalized spacial score (nSPS) is 10.5. The second-order valence-electron chi connectivity index (χ2n) is 3.71. The van der Waals surface area contributed by atoms with Gasteiger partial charge < -0.3 is 4.57 Å². The molecule has 1 heterocycles. The fraction of sp³-hybridized carbons (Fsp3) is 0.182. The summed E-state index contributed by atoms with van der Waals surface area (Å²) in [4.78, 5) is 14.6. The summed E-state index contributed by atoms with van der Waals surface area (Å²) >= 11 is 2.14. The van der Waals surface area contributed by atoms with Gasteiger partial charge in [0.05, 0.1) is 4.92 Å². The molecular weight excluding hydrogens is 333 g/mol. The lowest BCUT2D eigenvalue weighted by atomic mass is 10.2. The molecular formula is C11H10IN3O2. The van der Waals surface area contributed by atoms with Gasteiger partial charge in [-0.15, -0.1) is 0 Å². The Morgan fingerprint density at radius 2 is 2.12 bits per heavy atom. The maximum atomic E-state index is 10.7. The molecule has 0 saturated heterocycles. The summed E-state index contributed by atoms with van der Waals surface area (Å²) < 4.78 is 2.81. The van der Waals surface area contributed by atoms with Gasteiger partial charge in [-0.3, -0.25) is 10.1 Å². The van der Waals surface area contributed by atoms with E-state index in [1.165, 1.54) is 6.07 Å². The van der Waals surface area contributed by atoms with Crippen LogP contribution in [0.3, 0.4) is 0 Å². The monoisotopic (exact) mass is 343 g/mol. The van der Waals surface area contributed by atoms with E-state index in [0.29, 0.717) is 5.56 Å². The topological polar surface area (TPSA) is 61.0 Å². The van der Waals surface area contributed by atoms with Gasteiger partial charge in [0, 0.05) is 23.5 Å². The number of aryl methyl sites for hydroxylation is 2. The molecule has 17 heavy (non-hydrogen) atoms. The number of aromatic nitrogens is 2. The molecule has 0 aliphatic carbocycles. The number of nitro benzene ring substituents is 1. The summed E-state index contributed by atoms with van der Waals surface area (Å²) in [6.07, 6.45) is 1.90. The average Bonchev–Trinajstić information content (AvgIpc) is 2.57. The van der Waals surface area contributed by atoms with Crippen LogP contribution in [0.5, 0.6) is 0 Å². The Bertz CT molecular complexity index is 592. The van der Waals surface area contributed by atoms with E-state index in [0.717, 1.165) is 15.2 Å². The van der Waals surface area contributed by atoms with E-state index < -0.39 is 0 Å². The quantitative estimate of drug-likeness (QED) is 0.478. The third kappa shape index (κ3) is 2.31. The highest BCUT2D eigenvalue weighted by Crippen LogP contribution is 2.22. The number of nitrogens with zero attached hydrogens (tertiary/aromatic N) is 3. The summed E-state index contributed by atoms with van der Waals surface area (Å²) in [6, 6.07) is 5.05. The minimum Gasteiger partial charge on any atom is -0.303 e. The second-order valence-corrected chi connectivity index (χ2v) is 4.81. The van der Waals surface area contributed by atoms with Gasteiger partial charge in [-0.2, -0.15) is 0 Å². The van der Waals surface area contributed by atoms with Crippen molar-refractivity contribution in [3.63, 3.8) is 0 Å². The second kappa shape index (κ2) is 4.44. The minimum absolute atomic E-state index is 0.140. The molecule has 88 valence electrons. The molecule has 0 aliphatic heterocycles. The Kier molecular flexibility index (Phi) is 3.14. The lowest BCUT2D eigenvalue weighted by molar-refractivity contribution is -0.385. The molecule has 2 aromatic rings. The van der Waals surface area contributed by atoms with Gasteiger partial charge >= 0.3 is 0 Å². The smallest absolute Gasteiger partial charge is 0.272 e. The Morgan fingerprint density at radius 3 is 2.59 bits per heavy atom. The van der Waals surface area contributed by atoms with Crippen molar-refractivity contribution < 1.29 is 4.92 Å². The van der Waals surface area contributed by atoms with Crippen LogP contribution in [-0.4, -0.2) is 14.5 Å². The molecule has 0 N–H and O–H groups in total. The van der Waals surface area contributed by atoms with Gasteiger partial charge in [0.2, 0.25) is 0 Å². The SMILES string of the molecule is Cc1cc(-n2cc(I)nc2C)ccc1[N+](=O)[O-]. The number of halogens is 1. The van der Waals surface area contributed by atoms with Crippen LogP contribution in [0.2, 0.25) is 0 Å². The summed E-state index contributed by atoms with van der Waals surface area (Å²) in [5.41, 5.74) is 1.68. The van der Waals surface area contributed by atoms with Gasteiger partial charge in [-0.1, -0.05) is 0 Å². The van der Waals surface area contributed by atoms with E-state index in [9.17, 15) is 10.1 Å². The van der Waals surface area contributed by atoms with Crippen LogP contribution in [0.15, 0.2) is 24.4 Å². The van der Waals surface area contributed by atoms with E-state index in [4.69, 9.17) is 0 Å². The minimum atomic E-state index is -0.371. The van der Waals surface area contributed by atoms with Crippen LogP contribution in [0, 0.1) is 27.7 Å². The van der Waals surface area contributed by atoms with Gasteiger partial charge in [-0.25, -0.2) is 4.98 Å². The molecule has 2 rings (SSSR count). The number of hydrogen-bond donors (Lipinski definition) is 0. The van der Waals surface area contributed by atoms with Gasteiger partial charge in [-0.05, 0) is 48.6 Å². The first kappa shape index (κ1) is 12.0. The largest absolute Gasteiger partial charge is 0.303 e. The highest BCUT2D eigenvalue weighted by molar-refractivity contribution is 14.1. The number of imidazole rings is 1. The van der Waals surface area contributed by atoms with Crippen molar-refractivity contribution in [3.8, 4) is 5.69 Å². The lowest BCUT2D eigenvalue weighted by Crippen LogP contribution is -1.98. The van der Waals surface area contributed by atoms with Crippen molar-refractivity contribution in [2.75, 3.05) is 0 Å². The van der Waals surface area contributed by atoms with E-state index in [1.54, 1.807) is 19.1 Å². The molecule has 6 heteroatoms. The molecule has 0 radical (unpaired) electrons. The maximum Gasteiger partial charge on any atom is 0.272 e. The van der Waals surface area contributed by atoms with Crippen LogP contribution < -0.4 is 0 Å². The molecule has 1 aromatic heterocycles. The first-order chi connectivity index (χ1) is 7.99. The van der Waals surface area contributed by atoms with Crippen molar-refractivity contribution in [3.05, 3.63) is 49.6 Å². The van der Waals surface area contributed by atoms with Crippen LogP contribution in [0.1, 0.15) is 11.4 Å². The van der Waals surface area contributed by atoms with Crippen molar-refractivity contribution in [1.82, 2.24) is 9.55 Å². The number of rotatable bonds is 2. The molecule has 0 atom stereocenters. The molecule has 0 saturated carbocycles. The van der Waals surface area contributed by atoms with E-state index in [1.807, 2.05) is 17.7 Å². The highest BCUT2D eigenvalue weighted by Gasteiger charge is 2.12. The lowest BCUT2D eigenvalue weighted by Gasteiger charge is -2.05. The summed E-state index contributed by atoms with van der Waals surface area (Å²) in [5.74, 6) is 0.864. The fourth-order valence-electron chi connectivity index (χ4n) is 1.69. The van der Waals surface area contributed by atoms with Gasteiger partial charge in [0.1, 0.15) is 9.53 Å². The van der Waals surface area contributed by atoms with Crippen LogP contribution in [0.25, 0.3) is 5.69 Å². The molecule has 1 aromatic carbocycles. The van der Waals surface area contributed by atoms with E-state index in [-0.39, 0.29) is 10.6 Å². The predicted octanol–water partition coefficient (Wildman–Crippen LogP) is 3.00. The molecule has 0 spiro atoms. The summed E-state index contributed by atoms with van der Waals surface area (Å²) in [6.45, 7) is 3.64. The zero-order chi connectivity index (χ0) is 12.6. The Morgan fingerprint density at radius 1 is 1.41 bits per heavy atom. The molecule has 0 aliphatic rings. The zero-order valence-electron chi connectivity index (χ0n) is 9.35. The van der Waals surface area contributed by atoms with Crippen molar-refractivity contribution in [2.45, 2.75) is 13.8 Å². The summed E-state index contributed by atoms with van der Waals surface area (Å²) in [5, 5.41) is 10.7. The predicted molar refractivity (Wildman–Crippen MR) is 72.4 cm³/mol. The van der Waals surface area contributed by atoms with E-state index in [2.05, 4.69) is 27.6 Å². The van der Waals surface area contributed by atoms with Crippen molar-refractivity contribution in [2.24, 2.45) is 0 Å². The first-order valence-electron chi connectivity index (χ1n) is 4.96. The zero-order valence-corrected chi connectivity index (χ0v) is 11.5. The number of hydrogen-bond acceptors (Lipinski definition) is 3. The standard InChI is InChI=1S/C11H10IN3O2/c1-7-5-9(3-4-10(7)15(16)17)14-6-11(12)13-8(14)2/h3-6H,1-2H3. The fourth-order valence-corrected chi connectivity index (χ4v) is 2.32. The molecule has 0 bridgehead atoms. The number of nitro groups is 1. The number of benzene rings is 1. The third-order valence-corrected chi connectivity index (χ3v) is 3.03. The van der Waals surface area contributed by atoms with Crippen LogP contribution >= 0.6 is 22.6 Å².